The van der Waals surface area contributed by atoms with Crippen LogP contribution in [0.2, 0.25) is 0 Å². The molecule has 3 aliphatic rings. The number of rotatable bonds is 7. The number of carbonyl (C=O) groups is 1. The van der Waals surface area contributed by atoms with Crippen LogP contribution < -0.4 is 15.0 Å². The maximum atomic E-state index is 14.8. The first-order chi connectivity index (χ1) is 20.8. The molecule has 0 radical (unpaired) electrons. The summed E-state index contributed by atoms with van der Waals surface area (Å²) in [4.78, 5) is 28.7. The highest BCUT2D eigenvalue weighted by Gasteiger charge is 2.43. The van der Waals surface area contributed by atoms with Gasteiger partial charge in [0.05, 0.1) is 12.1 Å². The largest absolute Gasteiger partial charge is 0.486 e. The summed E-state index contributed by atoms with van der Waals surface area (Å²) in [5, 5.41) is 22.5. The predicted molar refractivity (Wildman–Crippen MR) is 157 cm³/mol. The lowest BCUT2D eigenvalue weighted by molar-refractivity contribution is -0.143. The number of ether oxygens (including phenoxy) is 2. The number of aliphatic hydroxyl groups is 1. The highest BCUT2D eigenvalue weighted by molar-refractivity contribution is 5.80. The number of halogens is 1. The molecule has 1 spiro atoms. The van der Waals surface area contributed by atoms with Crippen LogP contribution in [0.15, 0.2) is 48.8 Å². The van der Waals surface area contributed by atoms with Gasteiger partial charge >= 0.3 is 0 Å². The van der Waals surface area contributed by atoms with Gasteiger partial charge in [-0.15, -0.1) is 0 Å². The van der Waals surface area contributed by atoms with Crippen molar-refractivity contribution in [1.29, 1.82) is 5.26 Å². The molecule has 0 bridgehead atoms. The molecule has 0 saturated carbocycles. The van der Waals surface area contributed by atoms with E-state index >= 15 is 0 Å². The number of anilines is 3. The van der Waals surface area contributed by atoms with E-state index in [-0.39, 0.29) is 30.8 Å². The Morgan fingerprint density at radius 1 is 1.21 bits per heavy atom. The first-order valence-corrected chi connectivity index (χ1v) is 14.5. The Kier molecular flexibility index (Phi) is 8.10. The lowest BCUT2D eigenvalue weighted by Gasteiger charge is -2.53. The first kappa shape index (κ1) is 28.8. The fraction of sp³-hybridized carbons (Fsp3) is 0.452. The van der Waals surface area contributed by atoms with Crippen LogP contribution in [0.25, 0.3) is 11.4 Å². The van der Waals surface area contributed by atoms with Crippen LogP contribution in [0.3, 0.4) is 0 Å². The smallest absolute Gasteiger partial charge is 0.251 e. The second-order valence-electron chi connectivity index (χ2n) is 11.5. The number of benzene rings is 2. The van der Waals surface area contributed by atoms with E-state index < -0.39 is 24.3 Å². The van der Waals surface area contributed by atoms with Gasteiger partial charge in [-0.2, -0.15) is 10.2 Å². The van der Waals surface area contributed by atoms with Crippen molar-refractivity contribution in [3.05, 3.63) is 54.4 Å². The standard InChI is InChI=1S/C31H34FN7O4/c1-20(40)29(41)38-11-8-27(25(32)16-38)43-26-7-2-21(14-22(26)15-33)28-34-19-35-30(37-28)36-23-3-5-24(6-4-23)39-17-31(18-39)9-12-42-13-10-31/h2-7,14,19-20,25,27,40H,8-13,16-18H2,1H3,(H,34,35,36,37)/t20-,25-,27-/m0/s1. The molecule has 11 nitrogen and oxygen atoms in total. The van der Waals surface area contributed by atoms with E-state index in [2.05, 4.69) is 43.4 Å². The summed E-state index contributed by atoms with van der Waals surface area (Å²) in [6.45, 7) is 5.28. The minimum atomic E-state index is -1.46. The molecule has 3 fully saturated rings. The molecule has 12 heteroatoms. The zero-order valence-electron chi connectivity index (χ0n) is 23.9. The SMILES string of the molecule is C[C@H](O)C(=O)N1CC[C@H](Oc2ccc(-c3ncnc(Nc4ccc(N5CC6(CCOCC6)C5)cc4)n3)cc2C#N)[C@@H](F)C1. The lowest BCUT2D eigenvalue weighted by Crippen LogP contribution is -2.58. The first-order valence-electron chi connectivity index (χ1n) is 14.5. The number of alkyl halides is 1. The molecule has 2 aromatic carbocycles. The number of nitrogens with zero attached hydrogens (tertiary/aromatic N) is 6. The van der Waals surface area contributed by atoms with E-state index in [4.69, 9.17) is 9.47 Å². The van der Waals surface area contributed by atoms with Gasteiger partial charge in [0.2, 0.25) is 5.95 Å². The number of nitriles is 1. The number of hydrogen-bond acceptors (Lipinski definition) is 10. The number of amides is 1. The van der Waals surface area contributed by atoms with Crippen LogP contribution >= 0.6 is 0 Å². The van der Waals surface area contributed by atoms with E-state index in [1.54, 1.807) is 18.2 Å². The van der Waals surface area contributed by atoms with E-state index in [0.717, 1.165) is 44.8 Å². The van der Waals surface area contributed by atoms with E-state index in [1.807, 2.05) is 12.1 Å². The van der Waals surface area contributed by atoms with Crippen molar-refractivity contribution in [2.45, 2.75) is 44.6 Å². The van der Waals surface area contributed by atoms with Gasteiger partial charge in [0.1, 0.15) is 30.4 Å². The van der Waals surface area contributed by atoms with E-state index in [0.29, 0.717) is 22.8 Å². The van der Waals surface area contributed by atoms with Crippen molar-refractivity contribution in [2.24, 2.45) is 5.41 Å². The summed E-state index contributed by atoms with van der Waals surface area (Å²) < 4.78 is 26.2. The fourth-order valence-corrected chi connectivity index (χ4v) is 5.95. The number of aromatic nitrogens is 3. The highest BCUT2D eigenvalue weighted by Crippen LogP contribution is 2.42. The Hall–Kier alpha value is -4.34. The number of hydrogen-bond donors (Lipinski definition) is 2. The summed E-state index contributed by atoms with van der Waals surface area (Å²) in [7, 11) is 0. The average molecular weight is 588 g/mol. The van der Waals surface area contributed by atoms with Gasteiger partial charge in [0, 0.05) is 61.6 Å². The third-order valence-corrected chi connectivity index (χ3v) is 8.45. The minimum Gasteiger partial charge on any atom is -0.486 e. The summed E-state index contributed by atoms with van der Waals surface area (Å²) in [6, 6.07) is 15.2. The summed E-state index contributed by atoms with van der Waals surface area (Å²) >= 11 is 0. The van der Waals surface area contributed by atoms with Gasteiger partial charge in [-0.25, -0.2) is 14.4 Å². The normalized spacial score (nSPS) is 21.9. The Morgan fingerprint density at radius 3 is 2.67 bits per heavy atom. The molecular weight excluding hydrogens is 553 g/mol. The highest BCUT2D eigenvalue weighted by atomic mass is 19.1. The zero-order valence-corrected chi connectivity index (χ0v) is 23.9. The number of nitrogens with one attached hydrogen (secondary N) is 1. The summed E-state index contributed by atoms with van der Waals surface area (Å²) in [5.41, 5.74) is 3.22. The third-order valence-electron chi connectivity index (χ3n) is 8.45. The van der Waals surface area contributed by atoms with Crippen LogP contribution in [-0.4, -0.2) is 88.6 Å². The maximum absolute atomic E-state index is 14.8. The molecule has 0 aliphatic carbocycles. The van der Waals surface area contributed by atoms with Gasteiger partial charge < -0.3 is 29.7 Å². The monoisotopic (exact) mass is 587 g/mol. The average Bonchev–Trinajstić information content (AvgIpc) is 3.01. The maximum Gasteiger partial charge on any atom is 0.251 e. The molecule has 6 rings (SSSR count). The molecule has 3 atom stereocenters. The third kappa shape index (κ3) is 6.23. The fourth-order valence-electron chi connectivity index (χ4n) is 5.95. The van der Waals surface area contributed by atoms with Crippen molar-refractivity contribution in [1.82, 2.24) is 19.9 Å². The predicted octanol–water partition coefficient (Wildman–Crippen LogP) is 3.47. The molecule has 3 saturated heterocycles. The number of likely N-dealkylation sites (tertiary alicyclic amines) is 1. The molecule has 3 aromatic rings. The molecule has 0 unspecified atom stereocenters. The Bertz CT molecular complexity index is 1500. The van der Waals surface area contributed by atoms with Crippen molar-refractivity contribution in [3.8, 4) is 23.2 Å². The Morgan fingerprint density at radius 2 is 1.98 bits per heavy atom. The lowest BCUT2D eigenvalue weighted by atomic mass is 9.73. The quantitative estimate of drug-likeness (QED) is 0.423. The molecule has 1 amide bonds. The van der Waals surface area contributed by atoms with Crippen LogP contribution in [0.1, 0.15) is 31.7 Å². The second kappa shape index (κ2) is 12.1. The van der Waals surface area contributed by atoms with E-state index in [1.165, 1.54) is 23.8 Å². The Balaban J connectivity index is 1.09. The second-order valence-corrected chi connectivity index (χ2v) is 11.5. The Labute approximate surface area is 249 Å². The van der Waals surface area contributed by atoms with Crippen molar-refractivity contribution in [3.63, 3.8) is 0 Å². The number of aliphatic hydroxyl groups excluding tert-OH is 1. The van der Waals surface area contributed by atoms with Crippen molar-refractivity contribution >= 4 is 23.2 Å². The van der Waals surface area contributed by atoms with Crippen LogP contribution in [0.4, 0.5) is 21.7 Å². The van der Waals surface area contributed by atoms with Gasteiger partial charge in [0.15, 0.2) is 12.0 Å². The van der Waals surface area contributed by atoms with E-state index in [9.17, 15) is 19.6 Å². The topological polar surface area (TPSA) is 137 Å². The molecule has 1 aromatic heterocycles. The zero-order chi connectivity index (χ0) is 30.0. The molecule has 43 heavy (non-hydrogen) atoms. The van der Waals surface area contributed by atoms with Gasteiger partial charge in [0.25, 0.3) is 5.91 Å². The number of piperidine rings is 1. The summed E-state index contributed by atoms with van der Waals surface area (Å²) in [5.74, 6) is 0.460. The van der Waals surface area contributed by atoms with Crippen LogP contribution in [-0.2, 0) is 9.53 Å². The van der Waals surface area contributed by atoms with Crippen molar-refractivity contribution < 1.29 is 23.8 Å². The molecule has 224 valence electrons. The summed E-state index contributed by atoms with van der Waals surface area (Å²) in [6.07, 6.45) is 0.436. The van der Waals surface area contributed by atoms with Gasteiger partial charge in [-0.1, -0.05) is 0 Å². The molecule has 4 heterocycles. The van der Waals surface area contributed by atoms with Crippen molar-refractivity contribution in [2.75, 3.05) is 49.6 Å². The molecule has 2 N–H and O–H groups in total. The number of carbonyl (C=O) groups excluding carboxylic acids is 1. The minimum absolute atomic E-state index is 0.174. The van der Waals surface area contributed by atoms with Crippen LogP contribution in [0.5, 0.6) is 5.75 Å². The van der Waals surface area contributed by atoms with Gasteiger partial charge in [-0.3, -0.25) is 4.79 Å². The molecular formula is C31H34FN7O4. The molecule has 3 aliphatic heterocycles. The van der Waals surface area contributed by atoms with Crippen LogP contribution in [0, 0.1) is 16.7 Å². The van der Waals surface area contributed by atoms with Gasteiger partial charge in [-0.05, 0) is 62.2 Å².